The van der Waals surface area contributed by atoms with Gasteiger partial charge in [-0.1, -0.05) is 0 Å². The molecule has 0 saturated heterocycles. The Morgan fingerprint density at radius 3 is 2.52 bits per heavy atom. The second kappa shape index (κ2) is 8.93. The number of rotatable bonds is 5. The SMILES string of the molecule is CN/C(=C\C=N)C(=O)N(C)c1ccc(-c2ncc3nc(C(F)(F)F)cc(C)c3n2)c(F)c1C. The number of halogens is 4. The van der Waals surface area contributed by atoms with E-state index in [0.717, 1.165) is 18.5 Å². The highest BCUT2D eigenvalue weighted by Gasteiger charge is 2.33. The van der Waals surface area contributed by atoms with Crippen molar-refractivity contribution in [1.82, 2.24) is 20.3 Å². The molecule has 0 unspecified atom stereocenters. The maximum Gasteiger partial charge on any atom is 0.433 e. The summed E-state index contributed by atoms with van der Waals surface area (Å²) < 4.78 is 54.3. The van der Waals surface area contributed by atoms with Crippen LogP contribution in [-0.2, 0) is 11.0 Å². The number of allylic oxidation sites excluding steroid dienone is 1. The average molecular weight is 460 g/mol. The number of likely N-dealkylation sites (N-methyl/N-ethyl adjacent to an activating group) is 2. The van der Waals surface area contributed by atoms with E-state index in [2.05, 4.69) is 20.3 Å². The molecule has 172 valence electrons. The molecule has 1 amide bonds. The van der Waals surface area contributed by atoms with Gasteiger partial charge in [-0.25, -0.2) is 19.3 Å². The molecule has 7 nitrogen and oxygen atoms in total. The molecule has 0 saturated carbocycles. The van der Waals surface area contributed by atoms with Crippen LogP contribution in [0.4, 0.5) is 23.2 Å². The van der Waals surface area contributed by atoms with Crippen molar-refractivity contribution < 1.29 is 22.4 Å². The fourth-order valence-electron chi connectivity index (χ4n) is 3.30. The summed E-state index contributed by atoms with van der Waals surface area (Å²) in [7, 11) is 3.00. The van der Waals surface area contributed by atoms with E-state index in [1.807, 2.05) is 0 Å². The van der Waals surface area contributed by atoms with Crippen molar-refractivity contribution in [2.45, 2.75) is 20.0 Å². The molecule has 3 rings (SSSR count). The van der Waals surface area contributed by atoms with Crippen LogP contribution in [0.3, 0.4) is 0 Å². The van der Waals surface area contributed by atoms with Gasteiger partial charge in [0.25, 0.3) is 5.91 Å². The molecule has 0 bridgehead atoms. The molecule has 11 heteroatoms. The van der Waals surface area contributed by atoms with Crippen LogP contribution in [0.5, 0.6) is 0 Å². The standard InChI is InChI=1S/C22H20F4N6O/c1-11-9-17(22(24,25)26)30-15-10-29-20(31-19(11)15)13-5-6-16(12(2)18(13)23)32(4)21(33)14(28-3)7-8-27/h5-10,27-28H,1-4H3/b14-7-,27-8?. The van der Waals surface area contributed by atoms with Crippen molar-refractivity contribution in [2.75, 3.05) is 19.0 Å². The largest absolute Gasteiger partial charge is 0.433 e. The van der Waals surface area contributed by atoms with Gasteiger partial charge in [0, 0.05) is 31.6 Å². The predicted molar refractivity (Wildman–Crippen MR) is 117 cm³/mol. The number of nitrogens with zero attached hydrogens (tertiary/aromatic N) is 4. The van der Waals surface area contributed by atoms with Crippen molar-refractivity contribution in [3.8, 4) is 11.4 Å². The molecule has 33 heavy (non-hydrogen) atoms. The van der Waals surface area contributed by atoms with E-state index in [1.54, 1.807) is 0 Å². The molecular weight excluding hydrogens is 440 g/mol. The van der Waals surface area contributed by atoms with Crippen LogP contribution >= 0.6 is 0 Å². The highest BCUT2D eigenvalue weighted by atomic mass is 19.4. The Bertz CT molecular complexity index is 1290. The van der Waals surface area contributed by atoms with Gasteiger partial charge >= 0.3 is 6.18 Å². The summed E-state index contributed by atoms with van der Waals surface area (Å²) in [6, 6.07) is 3.80. The van der Waals surface area contributed by atoms with Gasteiger partial charge in [-0.2, -0.15) is 13.2 Å². The topological polar surface area (TPSA) is 94.9 Å². The molecule has 0 fully saturated rings. The van der Waals surface area contributed by atoms with E-state index in [9.17, 15) is 18.0 Å². The van der Waals surface area contributed by atoms with Crippen molar-refractivity contribution in [3.63, 3.8) is 0 Å². The number of carbonyl (C=O) groups is 1. The number of pyridine rings is 1. The Balaban J connectivity index is 2.05. The van der Waals surface area contributed by atoms with E-state index < -0.39 is 23.6 Å². The van der Waals surface area contributed by atoms with Crippen LogP contribution in [0.25, 0.3) is 22.4 Å². The molecule has 0 aliphatic rings. The first-order valence-electron chi connectivity index (χ1n) is 9.67. The van der Waals surface area contributed by atoms with Gasteiger partial charge < -0.3 is 15.6 Å². The third-order valence-electron chi connectivity index (χ3n) is 5.04. The first kappa shape index (κ1) is 23.8. The van der Waals surface area contributed by atoms with Gasteiger partial charge in [-0.05, 0) is 43.7 Å². The Morgan fingerprint density at radius 2 is 1.91 bits per heavy atom. The Kier molecular flexibility index (Phi) is 6.43. The number of fused-ring (bicyclic) bond motifs is 1. The number of benzene rings is 1. The third-order valence-corrected chi connectivity index (χ3v) is 5.04. The minimum atomic E-state index is -4.61. The number of anilines is 1. The third kappa shape index (κ3) is 4.52. The number of hydrogen-bond donors (Lipinski definition) is 2. The zero-order valence-electron chi connectivity index (χ0n) is 18.2. The monoisotopic (exact) mass is 460 g/mol. The molecule has 0 atom stereocenters. The lowest BCUT2D eigenvalue weighted by molar-refractivity contribution is -0.141. The zero-order valence-corrected chi connectivity index (χ0v) is 18.2. The fourth-order valence-corrected chi connectivity index (χ4v) is 3.30. The molecule has 1 aromatic carbocycles. The summed E-state index contributed by atoms with van der Waals surface area (Å²) in [6.45, 7) is 2.95. The van der Waals surface area contributed by atoms with Gasteiger partial charge in [0.2, 0.25) is 0 Å². The van der Waals surface area contributed by atoms with E-state index in [0.29, 0.717) is 5.69 Å². The van der Waals surface area contributed by atoms with E-state index in [4.69, 9.17) is 5.41 Å². The van der Waals surface area contributed by atoms with Crippen LogP contribution in [0.2, 0.25) is 0 Å². The average Bonchev–Trinajstić information content (AvgIpc) is 2.77. The second-order valence-electron chi connectivity index (χ2n) is 7.18. The quantitative estimate of drug-likeness (QED) is 0.338. The first-order chi connectivity index (χ1) is 15.5. The van der Waals surface area contributed by atoms with Gasteiger partial charge in [0.05, 0.1) is 17.3 Å². The minimum absolute atomic E-state index is 0.0205. The first-order valence-corrected chi connectivity index (χ1v) is 9.67. The maximum absolute atomic E-state index is 15.3. The number of alkyl halides is 3. The molecule has 0 radical (unpaired) electrons. The fraction of sp³-hybridized carbons (Fsp3) is 0.227. The summed E-state index contributed by atoms with van der Waals surface area (Å²) in [5.41, 5.74) is -0.0775. The smallest absolute Gasteiger partial charge is 0.384 e. The molecule has 0 spiro atoms. The number of aryl methyl sites for hydroxylation is 1. The molecule has 3 aromatic rings. The lowest BCUT2D eigenvalue weighted by atomic mass is 10.1. The second-order valence-corrected chi connectivity index (χ2v) is 7.18. The van der Waals surface area contributed by atoms with E-state index in [-0.39, 0.29) is 39.2 Å². The van der Waals surface area contributed by atoms with Crippen LogP contribution in [-0.4, -0.2) is 41.2 Å². The van der Waals surface area contributed by atoms with Gasteiger partial charge in [-0.3, -0.25) is 4.79 Å². The van der Waals surface area contributed by atoms with Crippen LogP contribution in [0.1, 0.15) is 16.8 Å². The van der Waals surface area contributed by atoms with Crippen molar-refractivity contribution in [2.24, 2.45) is 0 Å². The van der Waals surface area contributed by atoms with Gasteiger partial charge in [0.1, 0.15) is 22.7 Å². The number of nitrogens with one attached hydrogen (secondary N) is 2. The summed E-state index contributed by atoms with van der Waals surface area (Å²) in [5, 5.41) is 9.83. The van der Waals surface area contributed by atoms with E-state index in [1.165, 1.54) is 51.1 Å². The number of carbonyl (C=O) groups excluding carboxylic acids is 1. The number of hydrogen-bond acceptors (Lipinski definition) is 6. The van der Waals surface area contributed by atoms with Crippen LogP contribution in [0.15, 0.2) is 36.2 Å². The lowest BCUT2D eigenvalue weighted by Crippen LogP contribution is -2.33. The number of aromatic nitrogens is 3. The van der Waals surface area contributed by atoms with Gasteiger partial charge in [0.15, 0.2) is 5.82 Å². The van der Waals surface area contributed by atoms with E-state index >= 15 is 4.39 Å². The molecule has 2 N–H and O–H groups in total. The van der Waals surface area contributed by atoms with Gasteiger partial charge in [-0.15, -0.1) is 0 Å². The molecule has 2 aromatic heterocycles. The highest BCUT2D eigenvalue weighted by molar-refractivity contribution is 6.07. The summed E-state index contributed by atoms with van der Waals surface area (Å²) in [5.74, 6) is -1.17. The summed E-state index contributed by atoms with van der Waals surface area (Å²) >= 11 is 0. The Labute approximate surface area is 186 Å². The molecule has 0 aliphatic heterocycles. The van der Waals surface area contributed by atoms with Crippen molar-refractivity contribution >= 4 is 28.8 Å². The van der Waals surface area contributed by atoms with Crippen LogP contribution < -0.4 is 10.2 Å². The summed E-state index contributed by atoms with van der Waals surface area (Å²) in [4.78, 5) is 25.7. The molecule has 0 aliphatic carbocycles. The zero-order chi connectivity index (χ0) is 24.5. The Morgan fingerprint density at radius 1 is 1.21 bits per heavy atom. The normalized spacial score (nSPS) is 12.1. The van der Waals surface area contributed by atoms with Crippen LogP contribution in [0, 0.1) is 25.1 Å². The minimum Gasteiger partial charge on any atom is -0.384 e. The predicted octanol–water partition coefficient (Wildman–Crippen LogP) is 4.18. The summed E-state index contributed by atoms with van der Waals surface area (Å²) in [6.07, 6.45) is -1.25. The highest BCUT2D eigenvalue weighted by Crippen LogP contribution is 2.32. The maximum atomic E-state index is 15.3. The van der Waals surface area contributed by atoms with Crippen molar-refractivity contribution in [3.05, 3.63) is 58.8 Å². The number of amides is 1. The molecule has 2 heterocycles. The molecular formula is C22H20F4N6O. The van der Waals surface area contributed by atoms with Crippen molar-refractivity contribution in [1.29, 1.82) is 5.41 Å². The lowest BCUT2D eigenvalue weighted by Gasteiger charge is -2.22. The Hall–Kier alpha value is -3.89.